The molecule has 0 amide bonds. The van der Waals surface area contributed by atoms with Crippen LogP contribution in [0.5, 0.6) is 23.5 Å². The summed E-state index contributed by atoms with van der Waals surface area (Å²) in [7, 11) is 2.80. The molecular formula is C25H28N2O10. The van der Waals surface area contributed by atoms with Crippen molar-refractivity contribution in [2.24, 2.45) is 5.41 Å². The molecule has 198 valence electrons. The van der Waals surface area contributed by atoms with Crippen LogP contribution >= 0.6 is 0 Å². The number of hydrogen-bond donors (Lipinski definition) is 0. The Morgan fingerprint density at radius 3 is 2.11 bits per heavy atom. The van der Waals surface area contributed by atoms with Gasteiger partial charge < -0.3 is 32.8 Å². The molecule has 0 unspecified atom stereocenters. The maximum Gasteiger partial charge on any atom is 0.345 e. The highest BCUT2D eigenvalue weighted by Crippen LogP contribution is 2.37. The molecule has 3 aromatic rings. The van der Waals surface area contributed by atoms with Gasteiger partial charge in [0.2, 0.25) is 18.6 Å². The lowest BCUT2D eigenvalue weighted by Crippen LogP contribution is -2.25. The molecule has 37 heavy (non-hydrogen) atoms. The van der Waals surface area contributed by atoms with Gasteiger partial charge in [0.15, 0.2) is 0 Å². The minimum Gasteiger partial charge on any atom is -0.481 e. The number of carbonyl (C=O) groups excluding carboxylic acids is 3. The van der Waals surface area contributed by atoms with Gasteiger partial charge in [-0.3, -0.25) is 4.79 Å². The zero-order valence-corrected chi connectivity index (χ0v) is 21.6. The molecule has 0 radical (unpaired) electrons. The van der Waals surface area contributed by atoms with Crippen LogP contribution in [0.25, 0.3) is 11.0 Å². The topological polar surface area (TPSA) is 146 Å². The Morgan fingerprint density at radius 1 is 0.919 bits per heavy atom. The number of methoxy groups -OCH3 is 2. The molecule has 0 aliphatic carbocycles. The van der Waals surface area contributed by atoms with Crippen LogP contribution in [0, 0.1) is 12.3 Å². The van der Waals surface area contributed by atoms with Crippen molar-refractivity contribution in [2.75, 3.05) is 27.6 Å². The number of furan rings is 1. The van der Waals surface area contributed by atoms with Crippen molar-refractivity contribution in [2.45, 2.75) is 34.6 Å². The molecule has 0 aliphatic heterocycles. The Balaban J connectivity index is 2.11. The largest absolute Gasteiger partial charge is 0.481 e. The number of fused-ring (bicyclic) bond motifs is 1. The van der Waals surface area contributed by atoms with Crippen molar-refractivity contribution < 1.29 is 47.2 Å². The van der Waals surface area contributed by atoms with Gasteiger partial charge in [0.25, 0.3) is 0 Å². The maximum atomic E-state index is 13.3. The zero-order chi connectivity index (χ0) is 27.3. The molecule has 0 N–H and O–H groups in total. The first-order valence-electron chi connectivity index (χ1n) is 11.2. The number of benzene rings is 1. The molecule has 2 aromatic heterocycles. The summed E-state index contributed by atoms with van der Waals surface area (Å²) in [6.45, 7) is 7.62. The average Bonchev–Trinajstić information content (AvgIpc) is 3.18. The van der Waals surface area contributed by atoms with Gasteiger partial charge in [-0.15, -0.1) is 0 Å². The third-order valence-corrected chi connectivity index (χ3v) is 4.95. The van der Waals surface area contributed by atoms with Gasteiger partial charge in [-0.05, 0) is 46.8 Å². The number of ether oxygens (including phenoxy) is 6. The number of esters is 3. The van der Waals surface area contributed by atoms with Crippen LogP contribution in [0.3, 0.4) is 0 Å². The molecule has 0 saturated carbocycles. The third-order valence-electron chi connectivity index (χ3n) is 4.95. The van der Waals surface area contributed by atoms with Gasteiger partial charge in [0.05, 0.1) is 37.7 Å². The number of aryl methyl sites for hydroxylation is 1. The molecule has 12 nitrogen and oxygen atoms in total. The van der Waals surface area contributed by atoms with E-state index in [1.54, 1.807) is 34.6 Å². The quantitative estimate of drug-likeness (QED) is 0.296. The van der Waals surface area contributed by atoms with Crippen molar-refractivity contribution in [3.63, 3.8) is 0 Å². The summed E-state index contributed by atoms with van der Waals surface area (Å²) >= 11 is 0. The van der Waals surface area contributed by atoms with E-state index in [-0.39, 0.29) is 58.0 Å². The molecule has 3 rings (SSSR count). The van der Waals surface area contributed by atoms with Gasteiger partial charge in [0, 0.05) is 0 Å². The standard InChI is InChI=1S/C25H28N2O10/c1-8-33-21(28)18-13(2)36-14-9-10-15(37-24-26-16(31-6)11-17(27-24)32-7)20(19(14)18)22(29)34-12-35-23(30)25(3,4)5/h9-11H,8,12H2,1-7H3. The first kappa shape index (κ1) is 27.2. The summed E-state index contributed by atoms with van der Waals surface area (Å²) < 4.78 is 37.2. The summed E-state index contributed by atoms with van der Waals surface area (Å²) in [5.41, 5.74) is -0.766. The Bertz CT molecular complexity index is 1300. The van der Waals surface area contributed by atoms with Crippen LogP contribution in [-0.2, 0) is 19.0 Å². The highest BCUT2D eigenvalue weighted by molar-refractivity contribution is 6.14. The van der Waals surface area contributed by atoms with E-state index in [2.05, 4.69) is 9.97 Å². The monoisotopic (exact) mass is 516 g/mol. The van der Waals surface area contributed by atoms with E-state index in [1.807, 2.05) is 0 Å². The molecule has 2 heterocycles. The summed E-state index contributed by atoms with van der Waals surface area (Å²) in [5, 5.41) is 0.0930. The van der Waals surface area contributed by atoms with Gasteiger partial charge >= 0.3 is 23.9 Å². The lowest BCUT2D eigenvalue weighted by atomic mass is 9.98. The first-order valence-corrected chi connectivity index (χ1v) is 11.2. The van der Waals surface area contributed by atoms with Gasteiger partial charge in [-0.2, -0.15) is 9.97 Å². The second kappa shape index (κ2) is 11.1. The van der Waals surface area contributed by atoms with Crippen LogP contribution in [0.2, 0.25) is 0 Å². The van der Waals surface area contributed by atoms with Crippen molar-refractivity contribution in [3.05, 3.63) is 35.1 Å². The smallest absolute Gasteiger partial charge is 0.345 e. The zero-order valence-electron chi connectivity index (χ0n) is 21.6. The average molecular weight is 517 g/mol. The lowest BCUT2D eigenvalue weighted by molar-refractivity contribution is -0.161. The van der Waals surface area contributed by atoms with Crippen LogP contribution in [0.15, 0.2) is 22.6 Å². The Kier molecular flexibility index (Phi) is 8.21. The Morgan fingerprint density at radius 2 is 1.54 bits per heavy atom. The van der Waals surface area contributed by atoms with Crippen LogP contribution < -0.4 is 14.2 Å². The fourth-order valence-electron chi connectivity index (χ4n) is 3.19. The molecule has 0 bridgehead atoms. The number of carbonyl (C=O) groups is 3. The molecule has 0 atom stereocenters. The molecule has 0 aliphatic rings. The van der Waals surface area contributed by atoms with E-state index in [9.17, 15) is 14.4 Å². The summed E-state index contributed by atoms with van der Waals surface area (Å²) in [4.78, 5) is 46.4. The molecule has 1 aromatic carbocycles. The number of nitrogens with zero attached hydrogens (tertiary/aromatic N) is 2. The second-order valence-electron chi connectivity index (χ2n) is 8.63. The van der Waals surface area contributed by atoms with Crippen molar-refractivity contribution >= 4 is 28.9 Å². The van der Waals surface area contributed by atoms with Gasteiger partial charge in [-0.25, -0.2) is 9.59 Å². The maximum absolute atomic E-state index is 13.3. The minimum absolute atomic E-state index is 0.0186. The van der Waals surface area contributed by atoms with Crippen molar-refractivity contribution in [1.29, 1.82) is 0 Å². The van der Waals surface area contributed by atoms with Crippen LogP contribution in [-0.4, -0.2) is 55.5 Å². The summed E-state index contributed by atoms with van der Waals surface area (Å²) in [6, 6.07) is 4.16. The summed E-state index contributed by atoms with van der Waals surface area (Å²) in [6.07, 6.45) is 0. The van der Waals surface area contributed by atoms with Crippen LogP contribution in [0.1, 0.15) is 54.2 Å². The first-order chi connectivity index (χ1) is 17.5. The third kappa shape index (κ3) is 6.08. The number of aromatic nitrogens is 2. The Hall–Kier alpha value is -4.35. The van der Waals surface area contributed by atoms with E-state index >= 15 is 0 Å². The van der Waals surface area contributed by atoms with Crippen LogP contribution in [0.4, 0.5) is 0 Å². The number of hydrogen-bond acceptors (Lipinski definition) is 12. The minimum atomic E-state index is -0.955. The van der Waals surface area contributed by atoms with E-state index < -0.39 is 30.1 Å². The molecule has 12 heteroatoms. The normalized spacial score (nSPS) is 11.1. The number of rotatable bonds is 9. The predicted octanol–water partition coefficient (Wildman–Crippen LogP) is 4.22. The molecule has 0 saturated heterocycles. The fraction of sp³-hybridized carbons (Fsp3) is 0.400. The van der Waals surface area contributed by atoms with E-state index in [0.29, 0.717) is 0 Å². The SMILES string of the molecule is CCOC(=O)c1c(C)oc2ccc(Oc3nc(OC)cc(OC)n3)c(C(=O)OCOC(=O)C(C)(C)C)c12. The van der Waals surface area contributed by atoms with E-state index in [1.165, 1.54) is 32.4 Å². The second-order valence-corrected chi connectivity index (χ2v) is 8.63. The fourth-order valence-corrected chi connectivity index (χ4v) is 3.19. The molecular weight excluding hydrogens is 488 g/mol. The van der Waals surface area contributed by atoms with Gasteiger partial charge in [-0.1, -0.05) is 0 Å². The van der Waals surface area contributed by atoms with Crippen molar-refractivity contribution in [3.8, 4) is 23.5 Å². The molecule has 0 fully saturated rings. The Labute approximate surface area is 212 Å². The van der Waals surface area contributed by atoms with E-state index in [4.69, 9.17) is 32.8 Å². The van der Waals surface area contributed by atoms with Crippen molar-refractivity contribution in [1.82, 2.24) is 9.97 Å². The highest BCUT2D eigenvalue weighted by atomic mass is 16.7. The lowest BCUT2D eigenvalue weighted by Gasteiger charge is -2.17. The summed E-state index contributed by atoms with van der Waals surface area (Å²) in [5.74, 6) is -1.79. The van der Waals surface area contributed by atoms with E-state index in [0.717, 1.165) is 0 Å². The van der Waals surface area contributed by atoms with Gasteiger partial charge in [0.1, 0.15) is 28.2 Å². The highest BCUT2D eigenvalue weighted by Gasteiger charge is 2.30. The predicted molar refractivity (Wildman–Crippen MR) is 128 cm³/mol. The molecule has 0 spiro atoms.